The van der Waals surface area contributed by atoms with E-state index in [-0.39, 0.29) is 6.04 Å². The minimum Gasteiger partial charge on any atom is -0.400 e. The average Bonchev–Trinajstić information content (AvgIpc) is 2.68. The Morgan fingerprint density at radius 2 is 1.80 bits per heavy atom. The third kappa shape index (κ3) is 6.57. The van der Waals surface area contributed by atoms with E-state index in [0.29, 0.717) is 0 Å². The molecule has 2 aliphatic rings. The summed E-state index contributed by atoms with van der Waals surface area (Å²) in [5, 5.41) is 17.5. The Morgan fingerprint density at radius 1 is 1.12 bits per heavy atom. The van der Waals surface area contributed by atoms with Crippen molar-refractivity contribution >= 4 is 11.8 Å². The highest BCUT2D eigenvalue weighted by Crippen LogP contribution is 2.36. The van der Waals surface area contributed by atoms with Gasteiger partial charge in [0.2, 0.25) is 0 Å². The van der Waals surface area contributed by atoms with Crippen LogP contribution in [0, 0.1) is 11.8 Å². The molecule has 0 spiro atoms. The molecule has 1 aliphatic carbocycles. The van der Waals surface area contributed by atoms with Crippen LogP contribution in [0.2, 0.25) is 0 Å². The molecule has 0 aromatic heterocycles. The molecular formula is C20H34N2O2S. The van der Waals surface area contributed by atoms with Gasteiger partial charge in [-0.05, 0) is 43.4 Å². The Morgan fingerprint density at radius 3 is 2.52 bits per heavy atom. The number of nitrogens with two attached hydrogens (primary N) is 1. The zero-order chi connectivity index (χ0) is 18.1. The van der Waals surface area contributed by atoms with Crippen LogP contribution in [0.1, 0.15) is 32.1 Å². The summed E-state index contributed by atoms with van der Waals surface area (Å²) < 4.78 is 0. The van der Waals surface area contributed by atoms with E-state index >= 15 is 0 Å². The van der Waals surface area contributed by atoms with Gasteiger partial charge >= 0.3 is 0 Å². The fourth-order valence-corrected chi connectivity index (χ4v) is 5.02. The quantitative estimate of drug-likeness (QED) is 0.675. The van der Waals surface area contributed by atoms with Crippen LogP contribution in [0.25, 0.3) is 0 Å². The van der Waals surface area contributed by atoms with Crippen LogP contribution in [0.4, 0.5) is 0 Å². The molecule has 1 aromatic carbocycles. The summed E-state index contributed by atoms with van der Waals surface area (Å²) in [6.45, 7) is 3.04. The average molecular weight is 367 g/mol. The van der Waals surface area contributed by atoms with E-state index < -0.39 is 6.10 Å². The second-order valence-electron chi connectivity index (χ2n) is 7.21. The first-order valence-corrected chi connectivity index (χ1v) is 10.5. The van der Waals surface area contributed by atoms with E-state index in [9.17, 15) is 5.11 Å². The number of hydrogen-bond donors (Lipinski definition) is 3. The number of hydrogen-bond acceptors (Lipinski definition) is 5. The minimum atomic E-state index is -0.425. The molecule has 0 radical (unpaired) electrons. The number of thioether (sulfide) groups is 1. The lowest BCUT2D eigenvalue weighted by molar-refractivity contribution is 0.0400. The molecule has 1 aromatic rings. The van der Waals surface area contributed by atoms with Crippen molar-refractivity contribution in [2.45, 2.75) is 49.1 Å². The van der Waals surface area contributed by atoms with Crippen molar-refractivity contribution in [2.24, 2.45) is 17.6 Å². The van der Waals surface area contributed by atoms with Crippen LogP contribution in [0.5, 0.6) is 0 Å². The molecule has 5 heteroatoms. The molecule has 25 heavy (non-hydrogen) atoms. The van der Waals surface area contributed by atoms with Gasteiger partial charge < -0.3 is 20.8 Å². The van der Waals surface area contributed by atoms with Crippen molar-refractivity contribution in [3.63, 3.8) is 0 Å². The molecule has 142 valence electrons. The minimum absolute atomic E-state index is 0.163. The summed E-state index contributed by atoms with van der Waals surface area (Å²) in [6, 6.07) is 10.1. The fraction of sp³-hybridized carbons (Fsp3) is 0.700. The van der Waals surface area contributed by atoms with Gasteiger partial charge in [-0.25, -0.2) is 0 Å². The Balaban J connectivity index is 0.00000109. The first-order chi connectivity index (χ1) is 12.2. The number of aliphatic hydroxyl groups is 2. The lowest BCUT2D eigenvalue weighted by Crippen LogP contribution is -2.49. The first-order valence-electron chi connectivity index (χ1n) is 9.51. The first kappa shape index (κ1) is 20.7. The molecule has 2 fully saturated rings. The van der Waals surface area contributed by atoms with Crippen molar-refractivity contribution < 1.29 is 10.2 Å². The lowest BCUT2D eigenvalue weighted by atomic mass is 9.75. The molecule has 4 nitrogen and oxygen atoms in total. The van der Waals surface area contributed by atoms with Crippen LogP contribution in [-0.4, -0.2) is 59.8 Å². The molecule has 3 rings (SSSR count). The van der Waals surface area contributed by atoms with Crippen molar-refractivity contribution in [1.29, 1.82) is 0 Å². The summed E-state index contributed by atoms with van der Waals surface area (Å²) in [6.07, 6.45) is 6.51. The maximum atomic E-state index is 10.5. The van der Waals surface area contributed by atoms with E-state index in [1.165, 1.54) is 43.5 Å². The van der Waals surface area contributed by atoms with Gasteiger partial charge in [0.05, 0.1) is 6.10 Å². The topological polar surface area (TPSA) is 69.7 Å². The molecule has 4 N–H and O–H groups in total. The van der Waals surface area contributed by atoms with E-state index in [1.807, 2.05) is 18.2 Å². The Bertz CT molecular complexity index is 474. The SMILES string of the molecule is CO.NC(CSc1ccccc1)C(O)CN1CCC2CCCCC2C1. The highest BCUT2D eigenvalue weighted by atomic mass is 32.2. The van der Waals surface area contributed by atoms with E-state index in [2.05, 4.69) is 17.0 Å². The number of benzene rings is 1. The van der Waals surface area contributed by atoms with Crippen molar-refractivity contribution in [2.75, 3.05) is 32.5 Å². The maximum Gasteiger partial charge on any atom is 0.0825 e. The van der Waals surface area contributed by atoms with Gasteiger partial charge in [0, 0.05) is 36.9 Å². The van der Waals surface area contributed by atoms with Crippen molar-refractivity contribution in [3.8, 4) is 0 Å². The largest absolute Gasteiger partial charge is 0.400 e. The molecule has 1 heterocycles. The van der Waals surface area contributed by atoms with Gasteiger partial charge in [-0.2, -0.15) is 0 Å². The predicted molar refractivity (Wildman–Crippen MR) is 106 cm³/mol. The zero-order valence-electron chi connectivity index (χ0n) is 15.4. The third-order valence-electron chi connectivity index (χ3n) is 5.50. The fourth-order valence-electron chi connectivity index (χ4n) is 4.06. The van der Waals surface area contributed by atoms with Crippen LogP contribution in [0.15, 0.2) is 35.2 Å². The van der Waals surface area contributed by atoms with Crippen LogP contribution < -0.4 is 5.73 Å². The molecule has 0 amide bonds. The number of piperidine rings is 1. The second-order valence-corrected chi connectivity index (χ2v) is 8.30. The smallest absolute Gasteiger partial charge is 0.0825 e. The lowest BCUT2D eigenvalue weighted by Gasteiger charge is -2.42. The Kier molecular flexibility index (Phi) is 9.28. The van der Waals surface area contributed by atoms with Gasteiger partial charge in [0.25, 0.3) is 0 Å². The number of rotatable bonds is 6. The molecule has 0 bridgehead atoms. The zero-order valence-corrected chi connectivity index (χ0v) is 16.2. The summed E-state index contributed by atoms with van der Waals surface area (Å²) in [5.74, 6) is 2.57. The third-order valence-corrected chi connectivity index (χ3v) is 6.66. The van der Waals surface area contributed by atoms with Gasteiger partial charge in [0.1, 0.15) is 0 Å². The molecule has 1 aliphatic heterocycles. The monoisotopic (exact) mass is 366 g/mol. The summed E-state index contributed by atoms with van der Waals surface area (Å²) >= 11 is 1.73. The van der Waals surface area contributed by atoms with Crippen molar-refractivity contribution in [3.05, 3.63) is 30.3 Å². The van der Waals surface area contributed by atoms with Gasteiger partial charge in [-0.1, -0.05) is 37.5 Å². The molecule has 1 saturated carbocycles. The highest BCUT2D eigenvalue weighted by Gasteiger charge is 2.32. The number of likely N-dealkylation sites (tertiary alicyclic amines) is 1. The number of β-amino-alcohol motifs (C(OH)–C–C–N with tert-alkyl or cyclic N) is 1. The van der Waals surface area contributed by atoms with Crippen LogP contribution in [0.3, 0.4) is 0 Å². The summed E-state index contributed by atoms with van der Waals surface area (Å²) in [7, 11) is 1.00. The Hall–Kier alpha value is -0.590. The van der Waals surface area contributed by atoms with Crippen LogP contribution >= 0.6 is 11.8 Å². The predicted octanol–water partition coefficient (Wildman–Crippen LogP) is 2.59. The van der Waals surface area contributed by atoms with E-state index in [4.69, 9.17) is 10.8 Å². The summed E-state index contributed by atoms with van der Waals surface area (Å²) in [5.41, 5.74) is 6.22. The van der Waals surface area contributed by atoms with Gasteiger partial charge in [-0.15, -0.1) is 11.8 Å². The maximum absolute atomic E-state index is 10.5. The Labute approximate surface area is 156 Å². The molecule has 1 saturated heterocycles. The second kappa shape index (κ2) is 11.2. The van der Waals surface area contributed by atoms with Gasteiger partial charge in [-0.3, -0.25) is 0 Å². The van der Waals surface area contributed by atoms with Crippen molar-refractivity contribution in [1.82, 2.24) is 4.90 Å². The molecule has 4 atom stereocenters. The number of fused-ring (bicyclic) bond motifs is 1. The van der Waals surface area contributed by atoms with E-state index in [0.717, 1.165) is 37.8 Å². The molecule has 4 unspecified atom stereocenters. The highest BCUT2D eigenvalue weighted by molar-refractivity contribution is 7.99. The van der Waals surface area contributed by atoms with E-state index in [1.54, 1.807) is 11.8 Å². The number of nitrogens with zero attached hydrogens (tertiary/aromatic N) is 1. The number of aliphatic hydroxyl groups excluding tert-OH is 2. The summed E-state index contributed by atoms with van der Waals surface area (Å²) in [4.78, 5) is 3.67. The van der Waals surface area contributed by atoms with Gasteiger partial charge in [0.15, 0.2) is 0 Å². The van der Waals surface area contributed by atoms with Crippen LogP contribution in [-0.2, 0) is 0 Å². The standard InChI is InChI=1S/C19H30N2OS.CH4O/c20-18(14-23-17-8-2-1-3-9-17)19(22)13-21-11-10-15-6-4-5-7-16(15)12-21;1-2/h1-3,8-9,15-16,18-19,22H,4-7,10-14,20H2;2H,1H3. The molecular weight excluding hydrogens is 332 g/mol. The normalized spacial score (nSPS) is 26.1.